The lowest BCUT2D eigenvalue weighted by atomic mass is 10.0. The van der Waals surface area contributed by atoms with Crippen molar-refractivity contribution >= 4 is 0 Å². The first-order valence-electron chi connectivity index (χ1n) is 3.55. The molecule has 0 aliphatic rings. The zero-order chi connectivity index (χ0) is 8.10. The summed E-state index contributed by atoms with van der Waals surface area (Å²) in [6, 6.07) is 8.88. The molecule has 0 aromatic heterocycles. The molecule has 0 aliphatic heterocycles. The average molecular weight is 156 g/mol. The Balaban J connectivity index is 2.74. The minimum Gasteiger partial charge on any atom is -0.250 e. The molecule has 0 aliphatic carbocycles. The summed E-state index contributed by atoms with van der Waals surface area (Å²) >= 11 is 0. The molecular formula is C9H10F2. The summed E-state index contributed by atoms with van der Waals surface area (Å²) in [6.07, 6.45) is 0. The highest BCUT2D eigenvalue weighted by atomic mass is 19.1. The van der Waals surface area contributed by atoms with Crippen molar-refractivity contribution in [2.75, 3.05) is 13.3 Å². The summed E-state index contributed by atoms with van der Waals surface area (Å²) in [5, 5.41) is 0. The van der Waals surface area contributed by atoms with Crippen molar-refractivity contribution in [2.45, 2.75) is 5.92 Å². The molecule has 11 heavy (non-hydrogen) atoms. The molecule has 1 aromatic rings. The monoisotopic (exact) mass is 156 g/mol. The predicted molar refractivity (Wildman–Crippen MR) is 41.1 cm³/mol. The normalized spacial score (nSPS) is 10.5. The van der Waals surface area contributed by atoms with Gasteiger partial charge < -0.3 is 0 Å². The lowest BCUT2D eigenvalue weighted by Gasteiger charge is -2.07. The molecule has 0 N–H and O–H groups in total. The lowest BCUT2D eigenvalue weighted by molar-refractivity contribution is 0.353. The molecule has 0 radical (unpaired) electrons. The first-order chi connectivity index (χ1) is 5.38. The van der Waals surface area contributed by atoms with Crippen LogP contribution in [0.4, 0.5) is 8.78 Å². The lowest BCUT2D eigenvalue weighted by Crippen LogP contribution is -2.02. The van der Waals surface area contributed by atoms with Crippen LogP contribution in [0.2, 0.25) is 0 Å². The fraction of sp³-hybridized carbons (Fsp3) is 0.333. The molecule has 0 saturated carbocycles. The SMILES string of the molecule is FCC(CF)c1ccccc1. The minimum atomic E-state index is -0.624. The molecule has 0 spiro atoms. The third kappa shape index (κ3) is 2.00. The quantitative estimate of drug-likeness (QED) is 0.631. The minimum absolute atomic E-state index is 0.573. The van der Waals surface area contributed by atoms with Crippen LogP contribution in [-0.2, 0) is 0 Å². The number of benzene rings is 1. The van der Waals surface area contributed by atoms with E-state index in [1.165, 1.54) is 0 Å². The summed E-state index contributed by atoms with van der Waals surface area (Å²) in [6.45, 7) is -1.25. The number of rotatable bonds is 3. The predicted octanol–water partition coefficient (Wildman–Crippen LogP) is 2.71. The third-order valence-corrected chi connectivity index (χ3v) is 1.64. The van der Waals surface area contributed by atoms with Gasteiger partial charge in [0.1, 0.15) is 0 Å². The van der Waals surface area contributed by atoms with Crippen LogP contribution >= 0.6 is 0 Å². The molecule has 0 unspecified atom stereocenters. The van der Waals surface area contributed by atoms with Crippen LogP contribution in [0.5, 0.6) is 0 Å². The van der Waals surface area contributed by atoms with E-state index in [9.17, 15) is 8.78 Å². The van der Waals surface area contributed by atoms with Gasteiger partial charge in [0.25, 0.3) is 0 Å². The standard InChI is InChI=1S/C9H10F2/c10-6-9(7-11)8-4-2-1-3-5-8/h1-5,9H,6-7H2. The van der Waals surface area contributed by atoms with Crippen LogP contribution in [-0.4, -0.2) is 13.3 Å². The van der Waals surface area contributed by atoms with E-state index in [-0.39, 0.29) is 0 Å². The molecule has 0 saturated heterocycles. The van der Waals surface area contributed by atoms with Crippen LogP contribution in [0.25, 0.3) is 0 Å². The summed E-state index contributed by atoms with van der Waals surface area (Å²) in [5.41, 5.74) is 0.734. The van der Waals surface area contributed by atoms with Gasteiger partial charge in [-0.1, -0.05) is 30.3 Å². The molecular weight excluding hydrogens is 146 g/mol. The van der Waals surface area contributed by atoms with E-state index in [2.05, 4.69) is 0 Å². The highest BCUT2D eigenvalue weighted by molar-refractivity contribution is 5.19. The molecule has 0 nitrogen and oxygen atoms in total. The Morgan fingerprint density at radius 3 is 2.00 bits per heavy atom. The maximum Gasteiger partial charge on any atom is 0.0988 e. The van der Waals surface area contributed by atoms with Gasteiger partial charge in [0.2, 0.25) is 0 Å². The average Bonchev–Trinajstić information content (AvgIpc) is 2.09. The second kappa shape index (κ2) is 4.06. The van der Waals surface area contributed by atoms with Gasteiger partial charge in [0, 0.05) is 5.92 Å². The van der Waals surface area contributed by atoms with Crippen LogP contribution in [0.15, 0.2) is 30.3 Å². The van der Waals surface area contributed by atoms with Gasteiger partial charge in [0.05, 0.1) is 13.3 Å². The van der Waals surface area contributed by atoms with E-state index in [1.807, 2.05) is 6.07 Å². The van der Waals surface area contributed by atoms with Crippen LogP contribution in [0.3, 0.4) is 0 Å². The van der Waals surface area contributed by atoms with Crippen molar-refractivity contribution in [3.63, 3.8) is 0 Å². The van der Waals surface area contributed by atoms with Crippen molar-refractivity contribution in [3.8, 4) is 0 Å². The van der Waals surface area contributed by atoms with Gasteiger partial charge in [-0.25, -0.2) is 0 Å². The zero-order valence-electron chi connectivity index (χ0n) is 6.13. The maximum atomic E-state index is 12.1. The Morgan fingerprint density at radius 2 is 1.55 bits per heavy atom. The maximum absolute atomic E-state index is 12.1. The summed E-state index contributed by atoms with van der Waals surface area (Å²) < 4.78 is 24.2. The Hall–Kier alpha value is -0.920. The number of hydrogen-bond acceptors (Lipinski definition) is 0. The van der Waals surface area contributed by atoms with E-state index in [4.69, 9.17) is 0 Å². The van der Waals surface area contributed by atoms with Crippen molar-refractivity contribution < 1.29 is 8.78 Å². The number of hydrogen-bond donors (Lipinski definition) is 0. The highest BCUT2D eigenvalue weighted by Crippen LogP contribution is 2.15. The van der Waals surface area contributed by atoms with E-state index in [0.717, 1.165) is 5.56 Å². The molecule has 1 rings (SSSR count). The largest absolute Gasteiger partial charge is 0.250 e. The van der Waals surface area contributed by atoms with E-state index in [1.54, 1.807) is 24.3 Å². The Bertz CT molecular complexity index is 192. The Morgan fingerprint density at radius 1 is 1.00 bits per heavy atom. The molecule has 0 atom stereocenters. The smallest absolute Gasteiger partial charge is 0.0988 e. The van der Waals surface area contributed by atoms with Crippen molar-refractivity contribution in [2.24, 2.45) is 0 Å². The first kappa shape index (κ1) is 8.18. The molecule has 0 bridgehead atoms. The first-order valence-corrected chi connectivity index (χ1v) is 3.55. The molecule has 2 heteroatoms. The summed E-state index contributed by atoms with van der Waals surface area (Å²) in [5.74, 6) is -0.573. The second-order valence-electron chi connectivity index (χ2n) is 2.42. The number of alkyl halides is 2. The highest BCUT2D eigenvalue weighted by Gasteiger charge is 2.08. The zero-order valence-corrected chi connectivity index (χ0v) is 6.13. The second-order valence-corrected chi connectivity index (χ2v) is 2.42. The molecule has 0 heterocycles. The number of halogens is 2. The molecule has 0 fully saturated rings. The van der Waals surface area contributed by atoms with Gasteiger partial charge in [-0.2, -0.15) is 0 Å². The fourth-order valence-corrected chi connectivity index (χ4v) is 0.945. The van der Waals surface area contributed by atoms with Crippen LogP contribution in [0, 0.1) is 0 Å². The van der Waals surface area contributed by atoms with Crippen molar-refractivity contribution in [3.05, 3.63) is 35.9 Å². The Kier molecular flexibility index (Phi) is 3.02. The van der Waals surface area contributed by atoms with E-state index in [0.29, 0.717) is 0 Å². The van der Waals surface area contributed by atoms with Gasteiger partial charge in [-0.05, 0) is 5.56 Å². The van der Waals surface area contributed by atoms with Crippen molar-refractivity contribution in [1.29, 1.82) is 0 Å². The van der Waals surface area contributed by atoms with E-state index >= 15 is 0 Å². The summed E-state index contributed by atoms with van der Waals surface area (Å²) in [7, 11) is 0. The van der Waals surface area contributed by atoms with Gasteiger partial charge in [-0.15, -0.1) is 0 Å². The topological polar surface area (TPSA) is 0 Å². The van der Waals surface area contributed by atoms with Crippen LogP contribution < -0.4 is 0 Å². The molecule has 1 aromatic carbocycles. The molecule has 0 amide bonds. The van der Waals surface area contributed by atoms with Gasteiger partial charge >= 0.3 is 0 Å². The van der Waals surface area contributed by atoms with Crippen LogP contribution in [0.1, 0.15) is 11.5 Å². The molecule has 60 valence electrons. The van der Waals surface area contributed by atoms with E-state index < -0.39 is 19.3 Å². The van der Waals surface area contributed by atoms with Crippen molar-refractivity contribution in [1.82, 2.24) is 0 Å². The van der Waals surface area contributed by atoms with Gasteiger partial charge in [-0.3, -0.25) is 8.78 Å². The third-order valence-electron chi connectivity index (χ3n) is 1.64. The summed E-state index contributed by atoms with van der Waals surface area (Å²) in [4.78, 5) is 0. The Labute approximate surface area is 64.9 Å². The van der Waals surface area contributed by atoms with Gasteiger partial charge in [0.15, 0.2) is 0 Å². The fourth-order valence-electron chi connectivity index (χ4n) is 0.945.